The van der Waals surface area contributed by atoms with Gasteiger partial charge in [-0.2, -0.15) is 0 Å². The summed E-state index contributed by atoms with van der Waals surface area (Å²) in [6, 6.07) is 0. The molecular weight excluding hydrogens is 268 g/mol. The molecule has 4 rings (SSSR count). The Kier molecular flexibility index (Phi) is 3.68. The van der Waals surface area contributed by atoms with Gasteiger partial charge in [-0.1, -0.05) is 20.8 Å². The van der Waals surface area contributed by atoms with Crippen molar-refractivity contribution >= 4 is 0 Å². The van der Waals surface area contributed by atoms with Crippen molar-refractivity contribution in [3.63, 3.8) is 0 Å². The third kappa shape index (κ3) is 1.93. The molecule has 7 unspecified atom stereocenters. The van der Waals surface area contributed by atoms with E-state index in [9.17, 15) is 5.11 Å². The topological polar surface area (TPSA) is 20.2 Å². The van der Waals surface area contributed by atoms with E-state index in [4.69, 9.17) is 0 Å². The van der Waals surface area contributed by atoms with Crippen molar-refractivity contribution in [1.82, 2.24) is 0 Å². The number of aliphatic hydroxyl groups excluding tert-OH is 1. The van der Waals surface area contributed by atoms with E-state index in [0.717, 1.165) is 42.4 Å². The maximum atomic E-state index is 10.1. The molecule has 22 heavy (non-hydrogen) atoms. The highest BCUT2D eigenvalue weighted by atomic mass is 16.3. The first-order valence-electron chi connectivity index (χ1n) is 10.2. The van der Waals surface area contributed by atoms with E-state index < -0.39 is 0 Å². The molecule has 1 N–H and O–H groups in total. The van der Waals surface area contributed by atoms with E-state index in [-0.39, 0.29) is 6.10 Å². The van der Waals surface area contributed by atoms with Gasteiger partial charge in [0.25, 0.3) is 0 Å². The molecule has 0 aliphatic heterocycles. The Morgan fingerprint density at radius 3 is 2.55 bits per heavy atom. The quantitative estimate of drug-likeness (QED) is 0.686. The van der Waals surface area contributed by atoms with E-state index >= 15 is 0 Å². The Morgan fingerprint density at radius 2 is 1.77 bits per heavy atom. The summed E-state index contributed by atoms with van der Waals surface area (Å²) >= 11 is 0. The smallest absolute Gasteiger partial charge is 0.0543 e. The van der Waals surface area contributed by atoms with Crippen LogP contribution in [0.2, 0.25) is 0 Å². The number of hydrogen-bond acceptors (Lipinski definition) is 1. The molecule has 4 aliphatic rings. The van der Waals surface area contributed by atoms with Crippen molar-refractivity contribution in [1.29, 1.82) is 0 Å². The van der Waals surface area contributed by atoms with Crippen LogP contribution in [-0.2, 0) is 0 Å². The predicted octanol–water partition coefficient (Wildman–Crippen LogP) is 5.42. The molecule has 4 fully saturated rings. The van der Waals surface area contributed by atoms with Gasteiger partial charge in [-0.25, -0.2) is 0 Å². The minimum atomic E-state index is -0.000508. The van der Waals surface area contributed by atoms with Crippen molar-refractivity contribution in [2.24, 2.45) is 40.4 Å². The molecule has 0 aromatic heterocycles. The van der Waals surface area contributed by atoms with Crippen LogP contribution in [0.15, 0.2) is 0 Å². The standard InChI is InChI=1S/C21H36O/c1-4-21-12-10-18-17(19(21)8-5-14(21)2)7-6-15-13-16(22)9-11-20(15,18)3/h14-19,22H,4-13H2,1-3H3/t14-,15?,16?,17?,18?,19?,20?,21?/m0/s1. The molecule has 0 heterocycles. The number of hydrogen-bond donors (Lipinski definition) is 1. The van der Waals surface area contributed by atoms with Gasteiger partial charge in [-0.15, -0.1) is 0 Å². The molecule has 126 valence electrons. The highest BCUT2D eigenvalue weighted by Gasteiger charge is 2.60. The average molecular weight is 305 g/mol. The second-order valence-electron chi connectivity index (χ2n) is 9.69. The average Bonchev–Trinajstić information content (AvgIpc) is 2.86. The molecule has 0 radical (unpaired) electrons. The molecule has 4 aliphatic carbocycles. The molecule has 0 saturated heterocycles. The summed E-state index contributed by atoms with van der Waals surface area (Å²) < 4.78 is 0. The Hall–Kier alpha value is -0.0400. The lowest BCUT2D eigenvalue weighted by Crippen LogP contribution is -2.54. The zero-order chi connectivity index (χ0) is 15.5. The van der Waals surface area contributed by atoms with Crippen LogP contribution < -0.4 is 0 Å². The van der Waals surface area contributed by atoms with Crippen molar-refractivity contribution in [2.75, 3.05) is 0 Å². The van der Waals surface area contributed by atoms with E-state index in [0.29, 0.717) is 10.8 Å². The second kappa shape index (κ2) is 5.23. The fourth-order valence-corrected chi connectivity index (χ4v) is 8.10. The summed E-state index contributed by atoms with van der Waals surface area (Å²) in [4.78, 5) is 0. The Labute approximate surface area is 137 Å². The minimum Gasteiger partial charge on any atom is -0.393 e. The van der Waals surface area contributed by atoms with Gasteiger partial charge in [0.15, 0.2) is 0 Å². The SMILES string of the molecule is CCC12CCC3C(CCC4CC(O)CCC43C)C1CC[C@@H]2C. The van der Waals surface area contributed by atoms with E-state index in [1.165, 1.54) is 51.4 Å². The predicted molar refractivity (Wildman–Crippen MR) is 91.5 cm³/mol. The summed E-state index contributed by atoms with van der Waals surface area (Å²) in [6.45, 7) is 7.63. The van der Waals surface area contributed by atoms with Gasteiger partial charge < -0.3 is 5.11 Å². The number of fused-ring (bicyclic) bond motifs is 5. The molecule has 0 bridgehead atoms. The van der Waals surface area contributed by atoms with E-state index in [2.05, 4.69) is 20.8 Å². The van der Waals surface area contributed by atoms with Gasteiger partial charge in [0.1, 0.15) is 0 Å². The Morgan fingerprint density at radius 1 is 0.955 bits per heavy atom. The van der Waals surface area contributed by atoms with Gasteiger partial charge >= 0.3 is 0 Å². The monoisotopic (exact) mass is 304 g/mol. The van der Waals surface area contributed by atoms with Gasteiger partial charge in [-0.3, -0.25) is 0 Å². The van der Waals surface area contributed by atoms with Crippen LogP contribution in [0.1, 0.15) is 85.0 Å². The molecule has 4 saturated carbocycles. The van der Waals surface area contributed by atoms with Crippen LogP contribution >= 0.6 is 0 Å². The summed E-state index contributed by atoms with van der Waals surface area (Å²) in [5.74, 6) is 4.77. The minimum absolute atomic E-state index is 0.000508. The first-order valence-corrected chi connectivity index (χ1v) is 10.2. The number of aliphatic hydroxyl groups is 1. The summed E-state index contributed by atoms with van der Waals surface area (Å²) in [5.41, 5.74) is 1.24. The lowest BCUT2D eigenvalue weighted by Gasteiger charge is -2.61. The summed E-state index contributed by atoms with van der Waals surface area (Å²) in [7, 11) is 0. The maximum Gasteiger partial charge on any atom is 0.0543 e. The fourth-order valence-electron chi connectivity index (χ4n) is 8.10. The van der Waals surface area contributed by atoms with Crippen LogP contribution in [0.5, 0.6) is 0 Å². The van der Waals surface area contributed by atoms with Crippen LogP contribution in [0.4, 0.5) is 0 Å². The lowest BCUT2D eigenvalue weighted by molar-refractivity contribution is -0.130. The van der Waals surface area contributed by atoms with Crippen molar-refractivity contribution in [3.05, 3.63) is 0 Å². The zero-order valence-electron chi connectivity index (χ0n) is 15.0. The molecule has 0 aromatic rings. The molecular formula is C21H36O. The maximum absolute atomic E-state index is 10.1. The fraction of sp³-hybridized carbons (Fsp3) is 1.00. The summed E-state index contributed by atoms with van der Waals surface area (Å²) in [5, 5.41) is 10.1. The lowest BCUT2D eigenvalue weighted by atomic mass is 9.44. The number of rotatable bonds is 1. The normalized spacial score (nSPS) is 57.8. The van der Waals surface area contributed by atoms with Crippen molar-refractivity contribution in [3.8, 4) is 0 Å². The molecule has 1 nitrogen and oxygen atoms in total. The first kappa shape index (κ1) is 15.5. The second-order valence-corrected chi connectivity index (χ2v) is 9.69. The van der Waals surface area contributed by atoms with Gasteiger partial charge in [0.05, 0.1) is 6.10 Å². The molecule has 0 aromatic carbocycles. The zero-order valence-corrected chi connectivity index (χ0v) is 15.0. The molecule has 0 spiro atoms. The highest BCUT2D eigenvalue weighted by molar-refractivity contribution is 5.09. The van der Waals surface area contributed by atoms with E-state index in [1.807, 2.05) is 0 Å². The van der Waals surface area contributed by atoms with Crippen LogP contribution in [0, 0.1) is 40.4 Å². The summed E-state index contributed by atoms with van der Waals surface area (Å²) in [6.07, 6.45) is 13.7. The Balaban J connectivity index is 1.63. The van der Waals surface area contributed by atoms with Gasteiger partial charge in [0, 0.05) is 0 Å². The van der Waals surface area contributed by atoms with Crippen LogP contribution in [0.25, 0.3) is 0 Å². The van der Waals surface area contributed by atoms with E-state index in [1.54, 1.807) is 0 Å². The van der Waals surface area contributed by atoms with Gasteiger partial charge in [-0.05, 0) is 105 Å². The third-order valence-corrected chi connectivity index (χ3v) is 9.44. The van der Waals surface area contributed by atoms with Crippen molar-refractivity contribution < 1.29 is 5.11 Å². The van der Waals surface area contributed by atoms with Crippen LogP contribution in [-0.4, -0.2) is 11.2 Å². The van der Waals surface area contributed by atoms with Gasteiger partial charge in [0.2, 0.25) is 0 Å². The third-order valence-electron chi connectivity index (χ3n) is 9.44. The molecule has 0 amide bonds. The first-order chi connectivity index (χ1) is 10.5. The largest absolute Gasteiger partial charge is 0.393 e. The molecule has 1 heteroatoms. The molecule has 8 atom stereocenters. The van der Waals surface area contributed by atoms with Crippen LogP contribution in [0.3, 0.4) is 0 Å². The Bertz CT molecular complexity index is 432. The van der Waals surface area contributed by atoms with Crippen molar-refractivity contribution in [2.45, 2.75) is 91.1 Å². The highest BCUT2D eigenvalue weighted by Crippen LogP contribution is 2.68.